The lowest BCUT2D eigenvalue weighted by atomic mass is 10.0. The maximum atomic E-state index is 8.53. The molecule has 0 aliphatic carbocycles. The van der Waals surface area contributed by atoms with Crippen LogP contribution in [0.4, 0.5) is 0 Å². The topological polar surface area (TPSA) is 49.8 Å². The molecule has 0 saturated carbocycles. The zero-order valence-corrected chi connectivity index (χ0v) is 7.83. The van der Waals surface area contributed by atoms with Gasteiger partial charge < -0.3 is 5.73 Å². The molecule has 0 saturated heterocycles. The second-order valence-electron chi connectivity index (χ2n) is 3.09. The van der Waals surface area contributed by atoms with Gasteiger partial charge in [-0.15, -0.1) is 0 Å². The highest BCUT2D eigenvalue weighted by molar-refractivity contribution is 5.27. The molecule has 0 bridgehead atoms. The summed E-state index contributed by atoms with van der Waals surface area (Å²) in [5.74, 6) is 0. The molecule has 0 aromatic heterocycles. The fourth-order valence-electron chi connectivity index (χ4n) is 1.26. The summed E-state index contributed by atoms with van der Waals surface area (Å²) in [5, 5.41) is 8.53. The summed E-state index contributed by atoms with van der Waals surface area (Å²) in [4.78, 5) is 0. The molecule has 13 heavy (non-hydrogen) atoms. The van der Waals surface area contributed by atoms with Gasteiger partial charge in [-0.1, -0.05) is 31.2 Å². The van der Waals surface area contributed by atoms with Crippen molar-refractivity contribution in [2.45, 2.75) is 25.8 Å². The van der Waals surface area contributed by atoms with Gasteiger partial charge in [0.1, 0.15) is 0 Å². The summed E-state index contributed by atoms with van der Waals surface area (Å²) in [5.41, 5.74) is 8.04. The van der Waals surface area contributed by atoms with Crippen LogP contribution in [0.3, 0.4) is 0 Å². The maximum Gasteiger partial charge on any atom is 0.0669 e. The third kappa shape index (κ3) is 2.57. The van der Waals surface area contributed by atoms with Crippen LogP contribution >= 0.6 is 0 Å². The number of rotatable bonds is 3. The first-order chi connectivity index (χ1) is 6.27. The van der Waals surface area contributed by atoms with Crippen LogP contribution in [-0.2, 0) is 6.42 Å². The van der Waals surface area contributed by atoms with Crippen LogP contribution in [0.1, 0.15) is 30.5 Å². The summed E-state index contributed by atoms with van der Waals surface area (Å²) in [6, 6.07) is 10.2. The Kier molecular flexibility index (Phi) is 3.48. The molecule has 0 unspecified atom stereocenters. The predicted molar refractivity (Wildman–Crippen MR) is 53.0 cm³/mol. The third-order valence-electron chi connectivity index (χ3n) is 2.10. The molecule has 2 nitrogen and oxygen atoms in total. The molecule has 0 aliphatic rings. The second kappa shape index (κ2) is 4.64. The van der Waals surface area contributed by atoms with E-state index in [1.165, 1.54) is 0 Å². The molecule has 1 atom stereocenters. The molecule has 0 radical (unpaired) electrons. The SMILES string of the molecule is CC[C@@H](N)c1cccc(CC#N)c1. The van der Waals surface area contributed by atoms with Crippen LogP contribution < -0.4 is 5.73 Å². The van der Waals surface area contributed by atoms with Gasteiger partial charge in [-0.25, -0.2) is 0 Å². The molecule has 68 valence electrons. The smallest absolute Gasteiger partial charge is 0.0669 e. The summed E-state index contributed by atoms with van der Waals surface area (Å²) in [6.07, 6.45) is 1.39. The van der Waals surface area contributed by atoms with Gasteiger partial charge >= 0.3 is 0 Å². The first-order valence-corrected chi connectivity index (χ1v) is 4.49. The van der Waals surface area contributed by atoms with Crippen LogP contribution in [0.25, 0.3) is 0 Å². The first kappa shape index (κ1) is 9.76. The second-order valence-corrected chi connectivity index (χ2v) is 3.09. The van der Waals surface area contributed by atoms with Crippen molar-refractivity contribution < 1.29 is 0 Å². The molecule has 0 fully saturated rings. The largest absolute Gasteiger partial charge is 0.324 e. The Balaban J connectivity index is 2.86. The molecule has 1 aromatic carbocycles. The fraction of sp³-hybridized carbons (Fsp3) is 0.364. The van der Waals surface area contributed by atoms with E-state index in [9.17, 15) is 0 Å². The Morgan fingerprint density at radius 1 is 1.54 bits per heavy atom. The molecule has 0 spiro atoms. The van der Waals surface area contributed by atoms with Gasteiger partial charge in [0.2, 0.25) is 0 Å². The maximum absolute atomic E-state index is 8.53. The van der Waals surface area contributed by atoms with Crippen LogP contribution in [0.5, 0.6) is 0 Å². The van der Waals surface area contributed by atoms with Crippen molar-refractivity contribution in [3.8, 4) is 6.07 Å². The Labute approximate surface area is 79.0 Å². The zero-order chi connectivity index (χ0) is 9.68. The van der Waals surface area contributed by atoms with Crippen molar-refractivity contribution in [3.63, 3.8) is 0 Å². The predicted octanol–water partition coefficient (Wildman–Crippen LogP) is 2.16. The normalized spacial score (nSPS) is 12.1. The van der Waals surface area contributed by atoms with Gasteiger partial charge in [-0.2, -0.15) is 5.26 Å². The minimum absolute atomic E-state index is 0.0960. The Bertz CT molecular complexity index is 312. The van der Waals surface area contributed by atoms with E-state index in [0.29, 0.717) is 6.42 Å². The van der Waals surface area contributed by atoms with Crippen LogP contribution in [0.15, 0.2) is 24.3 Å². The summed E-state index contributed by atoms with van der Waals surface area (Å²) in [6.45, 7) is 2.06. The van der Waals surface area contributed by atoms with E-state index in [4.69, 9.17) is 11.0 Å². The van der Waals surface area contributed by atoms with Crippen molar-refractivity contribution in [2.75, 3.05) is 0 Å². The Morgan fingerprint density at radius 3 is 2.92 bits per heavy atom. The van der Waals surface area contributed by atoms with Gasteiger partial charge in [0, 0.05) is 6.04 Å². The number of hydrogen-bond acceptors (Lipinski definition) is 2. The first-order valence-electron chi connectivity index (χ1n) is 4.49. The average molecular weight is 174 g/mol. The van der Waals surface area contributed by atoms with E-state index in [0.717, 1.165) is 17.5 Å². The van der Waals surface area contributed by atoms with E-state index in [1.807, 2.05) is 24.3 Å². The van der Waals surface area contributed by atoms with Crippen LogP contribution in [0, 0.1) is 11.3 Å². The standard InChI is InChI=1S/C11H14N2/c1-2-11(13)10-5-3-4-9(8-10)6-7-12/h3-5,8,11H,2,6,13H2,1H3/t11-/m1/s1. The van der Waals surface area contributed by atoms with Crippen molar-refractivity contribution in [1.82, 2.24) is 0 Å². The van der Waals surface area contributed by atoms with E-state index < -0.39 is 0 Å². The molecule has 1 aromatic rings. The Hall–Kier alpha value is -1.33. The van der Waals surface area contributed by atoms with Crippen molar-refractivity contribution in [1.29, 1.82) is 5.26 Å². The number of nitrogens with zero attached hydrogens (tertiary/aromatic N) is 1. The highest BCUT2D eigenvalue weighted by Gasteiger charge is 2.02. The molecule has 2 N–H and O–H groups in total. The molecular weight excluding hydrogens is 160 g/mol. The molecule has 0 heterocycles. The average Bonchev–Trinajstić information content (AvgIpc) is 2.18. The number of hydrogen-bond donors (Lipinski definition) is 1. The zero-order valence-electron chi connectivity index (χ0n) is 7.83. The lowest BCUT2D eigenvalue weighted by molar-refractivity contribution is 0.698. The third-order valence-corrected chi connectivity index (χ3v) is 2.10. The van der Waals surface area contributed by atoms with Crippen molar-refractivity contribution in [3.05, 3.63) is 35.4 Å². The van der Waals surface area contributed by atoms with E-state index in [-0.39, 0.29) is 6.04 Å². The highest BCUT2D eigenvalue weighted by Crippen LogP contribution is 2.15. The summed E-state index contributed by atoms with van der Waals surface area (Å²) in [7, 11) is 0. The minimum Gasteiger partial charge on any atom is -0.324 e. The van der Waals surface area contributed by atoms with Gasteiger partial charge in [0.15, 0.2) is 0 Å². The molecule has 1 rings (SSSR count). The monoisotopic (exact) mass is 174 g/mol. The molecule has 0 aliphatic heterocycles. The van der Waals surface area contributed by atoms with Crippen molar-refractivity contribution >= 4 is 0 Å². The molecule has 2 heteroatoms. The van der Waals surface area contributed by atoms with Crippen molar-refractivity contribution in [2.24, 2.45) is 5.73 Å². The minimum atomic E-state index is 0.0960. The van der Waals surface area contributed by atoms with Gasteiger partial charge in [0.05, 0.1) is 12.5 Å². The van der Waals surface area contributed by atoms with Crippen LogP contribution in [-0.4, -0.2) is 0 Å². The fourth-order valence-corrected chi connectivity index (χ4v) is 1.26. The quantitative estimate of drug-likeness (QED) is 0.763. The highest BCUT2D eigenvalue weighted by atomic mass is 14.6. The Morgan fingerprint density at radius 2 is 2.31 bits per heavy atom. The van der Waals surface area contributed by atoms with E-state index >= 15 is 0 Å². The summed E-state index contributed by atoms with van der Waals surface area (Å²) >= 11 is 0. The van der Waals surface area contributed by atoms with Gasteiger partial charge in [0.25, 0.3) is 0 Å². The summed E-state index contributed by atoms with van der Waals surface area (Å²) < 4.78 is 0. The number of benzene rings is 1. The van der Waals surface area contributed by atoms with E-state index in [2.05, 4.69) is 13.0 Å². The number of nitriles is 1. The lowest BCUT2D eigenvalue weighted by Crippen LogP contribution is -2.08. The van der Waals surface area contributed by atoms with Gasteiger partial charge in [-0.3, -0.25) is 0 Å². The van der Waals surface area contributed by atoms with E-state index in [1.54, 1.807) is 0 Å². The molecule has 0 amide bonds. The number of nitrogens with two attached hydrogens (primary N) is 1. The lowest BCUT2D eigenvalue weighted by Gasteiger charge is -2.09. The van der Waals surface area contributed by atoms with Gasteiger partial charge in [-0.05, 0) is 17.5 Å². The molecular formula is C11H14N2. The van der Waals surface area contributed by atoms with Crippen LogP contribution in [0.2, 0.25) is 0 Å².